The van der Waals surface area contributed by atoms with E-state index in [1.54, 1.807) is 0 Å². The van der Waals surface area contributed by atoms with Crippen LogP contribution in [0, 0.1) is 0 Å². The second kappa shape index (κ2) is 5.16. The maximum Gasteiger partial charge on any atom is 0.104 e. The Balaban J connectivity index is 2.06. The van der Waals surface area contributed by atoms with E-state index in [-0.39, 0.29) is 6.04 Å². The molecular weight excluding hydrogens is 234 g/mol. The maximum atomic E-state index is 10.6. The van der Waals surface area contributed by atoms with Crippen molar-refractivity contribution in [3.05, 3.63) is 70.8 Å². The molecule has 0 saturated carbocycles. The van der Waals surface area contributed by atoms with E-state index < -0.39 is 6.10 Å². The zero-order valence-electron chi connectivity index (χ0n) is 10.9. The highest BCUT2D eigenvalue weighted by atomic mass is 16.3. The molecule has 0 saturated heterocycles. The molecule has 3 rings (SSSR count). The van der Waals surface area contributed by atoms with E-state index in [0.29, 0.717) is 0 Å². The summed E-state index contributed by atoms with van der Waals surface area (Å²) in [5.74, 6) is 0. The Bertz CT molecular complexity index is 565. The number of aliphatic hydroxyl groups is 1. The lowest BCUT2D eigenvalue weighted by molar-refractivity contribution is 0.218. The molecule has 2 aromatic carbocycles. The largest absolute Gasteiger partial charge is 0.384 e. The Hall–Kier alpha value is -1.64. The van der Waals surface area contributed by atoms with Crippen LogP contribution in [0.2, 0.25) is 0 Å². The zero-order chi connectivity index (χ0) is 13.2. The average Bonchev–Trinajstić information content (AvgIpc) is 2.47. The molecule has 0 aromatic heterocycles. The molecule has 0 radical (unpaired) electrons. The molecule has 98 valence electrons. The lowest BCUT2D eigenvalue weighted by Gasteiger charge is -2.27. The first kappa shape index (κ1) is 12.4. The summed E-state index contributed by atoms with van der Waals surface area (Å²) < 4.78 is 0. The van der Waals surface area contributed by atoms with Crippen LogP contribution in [0.4, 0.5) is 0 Å². The topological polar surface area (TPSA) is 46.2 Å². The van der Waals surface area contributed by atoms with Crippen LogP contribution in [0.25, 0.3) is 0 Å². The normalized spacial score (nSPS) is 19.8. The molecule has 0 bridgehead atoms. The van der Waals surface area contributed by atoms with Crippen LogP contribution in [0.1, 0.15) is 47.2 Å². The van der Waals surface area contributed by atoms with Gasteiger partial charge in [-0.2, -0.15) is 0 Å². The monoisotopic (exact) mass is 253 g/mol. The van der Waals surface area contributed by atoms with Crippen molar-refractivity contribution < 1.29 is 5.11 Å². The van der Waals surface area contributed by atoms with Crippen LogP contribution in [0.15, 0.2) is 48.5 Å². The number of fused-ring (bicyclic) bond motifs is 1. The molecule has 0 amide bonds. The average molecular weight is 253 g/mol. The third kappa shape index (κ3) is 2.29. The quantitative estimate of drug-likeness (QED) is 0.864. The molecule has 0 spiro atoms. The Morgan fingerprint density at radius 2 is 1.84 bits per heavy atom. The van der Waals surface area contributed by atoms with E-state index in [1.807, 2.05) is 42.5 Å². The fraction of sp³-hybridized carbons (Fsp3) is 0.294. The molecule has 0 heterocycles. The van der Waals surface area contributed by atoms with Gasteiger partial charge in [-0.05, 0) is 41.5 Å². The number of nitrogens with two attached hydrogens (primary N) is 1. The number of aliphatic hydroxyl groups excluding tert-OH is 1. The Labute approximate surface area is 113 Å². The molecule has 19 heavy (non-hydrogen) atoms. The summed E-state index contributed by atoms with van der Waals surface area (Å²) in [6, 6.07) is 16.0. The molecule has 2 unspecified atom stereocenters. The van der Waals surface area contributed by atoms with Gasteiger partial charge in [-0.25, -0.2) is 0 Å². The van der Waals surface area contributed by atoms with E-state index in [9.17, 15) is 5.11 Å². The van der Waals surface area contributed by atoms with Crippen LogP contribution in [0.3, 0.4) is 0 Å². The first-order valence-corrected chi connectivity index (χ1v) is 6.87. The van der Waals surface area contributed by atoms with E-state index in [4.69, 9.17) is 5.73 Å². The highest BCUT2D eigenvalue weighted by Gasteiger charge is 2.23. The van der Waals surface area contributed by atoms with Crippen LogP contribution in [0.5, 0.6) is 0 Å². The van der Waals surface area contributed by atoms with E-state index in [0.717, 1.165) is 36.0 Å². The highest BCUT2D eigenvalue weighted by Crippen LogP contribution is 2.35. The first-order chi connectivity index (χ1) is 9.27. The molecule has 2 nitrogen and oxygen atoms in total. The lowest BCUT2D eigenvalue weighted by atomic mass is 9.82. The molecule has 1 aliphatic rings. The highest BCUT2D eigenvalue weighted by molar-refractivity contribution is 5.43. The number of hydrogen-bond donors (Lipinski definition) is 2. The minimum absolute atomic E-state index is 0.0540. The molecule has 2 aromatic rings. The molecule has 2 heteroatoms. The maximum absolute atomic E-state index is 10.6. The molecular formula is C17H19NO. The van der Waals surface area contributed by atoms with Crippen LogP contribution >= 0.6 is 0 Å². The van der Waals surface area contributed by atoms with Gasteiger partial charge in [0.15, 0.2) is 0 Å². The minimum Gasteiger partial charge on any atom is -0.384 e. The van der Waals surface area contributed by atoms with Gasteiger partial charge in [0.2, 0.25) is 0 Å². The molecule has 2 atom stereocenters. The second-order valence-corrected chi connectivity index (χ2v) is 5.23. The van der Waals surface area contributed by atoms with Gasteiger partial charge in [-0.15, -0.1) is 0 Å². The van der Waals surface area contributed by atoms with Crippen LogP contribution < -0.4 is 5.73 Å². The van der Waals surface area contributed by atoms with E-state index in [1.165, 1.54) is 5.56 Å². The Morgan fingerprint density at radius 3 is 2.63 bits per heavy atom. The number of aryl methyl sites for hydroxylation is 1. The molecule has 1 aliphatic carbocycles. The standard InChI is InChI=1S/C17H19NO/c18-15-11-5-9-12-8-4-10-14(16(12)15)17(19)13-6-2-1-3-7-13/h1-4,6-8,10,15,17,19H,5,9,11,18H2. The summed E-state index contributed by atoms with van der Waals surface area (Å²) in [5.41, 5.74) is 10.6. The first-order valence-electron chi connectivity index (χ1n) is 6.87. The molecule has 0 fully saturated rings. The summed E-state index contributed by atoms with van der Waals surface area (Å²) in [7, 11) is 0. The van der Waals surface area contributed by atoms with Crippen molar-refractivity contribution in [3.63, 3.8) is 0 Å². The number of hydrogen-bond acceptors (Lipinski definition) is 2. The zero-order valence-corrected chi connectivity index (χ0v) is 10.9. The van der Waals surface area contributed by atoms with Gasteiger partial charge >= 0.3 is 0 Å². The van der Waals surface area contributed by atoms with Gasteiger partial charge < -0.3 is 10.8 Å². The van der Waals surface area contributed by atoms with Gasteiger partial charge in [-0.1, -0.05) is 48.5 Å². The van der Waals surface area contributed by atoms with Crippen molar-refractivity contribution in [3.8, 4) is 0 Å². The van der Waals surface area contributed by atoms with Gasteiger partial charge in [0.05, 0.1) is 0 Å². The Kier molecular flexibility index (Phi) is 3.36. The number of benzene rings is 2. The predicted octanol–water partition coefficient (Wildman–Crippen LogP) is 3.10. The lowest BCUT2D eigenvalue weighted by Crippen LogP contribution is -2.21. The molecule has 3 N–H and O–H groups in total. The van der Waals surface area contributed by atoms with Crippen molar-refractivity contribution in [2.75, 3.05) is 0 Å². The summed E-state index contributed by atoms with van der Waals surface area (Å²) in [6.07, 6.45) is 2.63. The third-order valence-electron chi connectivity index (χ3n) is 3.97. The SMILES string of the molecule is NC1CCCc2cccc(C(O)c3ccccc3)c21. The van der Waals surface area contributed by atoms with E-state index in [2.05, 4.69) is 6.07 Å². The van der Waals surface area contributed by atoms with E-state index >= 15 is 0 Å². The second-order valence-electron chi connectivity index (χ2n) is 5.23. The number of rotatable bonds is 2. The minimum atomic E-state index is -0.583. The van der Waals surface area contributed by atoms with Crippen molar-refractivity contribution >= 4 is 0 Å². The van der Waals surface area contributed by atoms with Crippen LogP contribution in [-0.2, 0) is 6.42 Å². The van der Waals surface area contributed by atoms with Gasteiger partial charge in [0, 0.05) is 6.04 Å². The van der Waals surface area contributed by atoms with Gasteiger partial charge in [0.25, 0.3) is 0 Å². The van der Waals surface area contributed by atoms with Crippen LogP contribution in [-0.4, -0.2) is 5.11 Å². The van der Waals surface area contributed by atoms with Crippen molar-refractivity contribution in [2.24, 2.45) is 5.73 Å². The van der Waals surface area contributed by atoms with Crippen molar-refractivity contribution in [1.29, 1.82) is 0 Å². The third-order valence-corrected chi connectivity index (χ3v) is 3.97. The Morgan fingerprint density at radius 1 is 1.05 bits per heavy atom. The van der Waals surface area contributed by atoms with Gasteiger partial charge in [-0.3, -0.25) is 0 Å². The summed E-state index contributed by atoms with van der Waals surface area (Å²) in [4.78, 5) is 0. The summed E-state index contributed by atoms with van der Waals surface area (Å²) in [6.45, 7) is 0. The smallest absolute Gasteiger partial charge is 0.104 e. The fourth-order valence-electron chi connectivity index (χ4n) is 3.01. The van der Waals surface area contributed by atoms with Crippen molar-refractivity contribution in [1.82, 2.24) is 0 Å². The molecule has 0 aliphatic heterocycles. The summed E-state index contributed by atoms with van der Waals surface area (Å²) in [5, 5.41) is 10.6. The van der Waals surface area contributed by atoms with Gasteiger partial charge in [0.1, 0.15) is 6.10 Å². The van der Waals surface area contributed by atoms with Crippen molar-refractivity contribution in [2.45, 2.75) is 31.4 Å². The summed E-state index contributed by atoms with van der Waals surface area (Å²) >= 11 is 0. The predicted molar refractivity (Wildman–Crippen MR) is 76.8 cm³/mol. The fourth-order valence-corrected chi connectivity index (χ4v) is 3.01.